The summed E-state index contributed by atoms with van der Waals surface area (Å²) >= 11 is 0. The van der Waals surface area contributed by atoms with Crippen LogP contribution >= 0.6 is 0 Å². The molecule has 1 atom stereocenters. The van der Waals surface area contributed by atoms with Crippen LogP contribution in [0.1, 0.15) is 41.5 Å². The molecular weight excluding hydrogens is 280 g/mol. The summed E-state index contributed by atoms with van der Waals surface area (Å²) in [6.07, 6.45) is 2.20. The Hall–Kier alpha value is -0.226. The van der Waals surface area contributed by atoms with Crippen LogP contribution in [-0.2, 0) is 8.85 Å². The van der Waals surface area contributed by atoms with Crippen molar-refractivity contribution >= 4 is 17.4 Å². The first-order valence-corrected chi connectivity index (χ1v) is 13.8. The minimum absolute atomic E-state index is 0.236. The van der Waals surface area contributed by atoms with Gasteiger partial charge < -0.3 is 8.85 Å². The van der Waals surface area contributed by atoms with Crippen LogP contribution in [0.25, 0.3) is 0 Å². The number of rotatable bonds is 7. The van der Waals surface area contributed by atoms with Crippen LogP contribution in [-0.4, -0.2) is 17.4 Å². The van der Waals surface area contributed by atoms with Crippen molar-refractivity contribution in [3.05, 3.63) is 12.0 Å². The SMILES string of the molecule is CC(C)C[Si](C)(C)O/C(=C/[C@@H](C)C(C)(C)C)O[SiH](C)C. The maximum atomic E-state index is 6.34. The molecule has 0 bridgehead atoms. The first-order valence-electron chi connectivity index (χ1n) is 7.91. The Morgan fingerprint density at radius 2 is 1.65 bits per heavy atom. The summed E-state index contributed by atoms with van der Waals surface area (Å²) in [5.41, 5.74) is 0.236. The van der Waals surface area contributed by atoms with Gasteiger partial charge in [0.05, 0.1) is 0 Å². The Bertz CT molecular complexity index is 315. The smallest absolute Gasteiger partial charge is 0.249 e. The van der Waals surface area contributed by atoms with Crippen LogP contribution in [0.4, 0.5) is 0 Å². The van der Waals surface area contributed by atoms with Crippen LogP contribution in [0.15, 0.2) is 12.0 Å². The average molecular weight is 317 g/mol. The monoisotopic (exact) mass is 316 g/mol. The maximum absolute atomic E-state index is 6.34. The molecule has 4 heteroatoms. The van der Waals surface area contributed by atoms with Gasteiger partial charge in [-0.3, -0.25) is 0 Å². The van der Waals surface area contributed by atoms with Crippen LogP contribution < -0.4 is 0 Å². The molecule has 0 aliphatic rings. The van der Waals surface area contributed by atoms with Crippen molar-refractivity contribution < 1.29 is 8.85 Å². The van der Waals surface area contributed by atoms with Crippen molar-refractivity contribution in [2.45, 2.75) is 73.8 Å². The molecule has 120 valence electrons. The molecule has 0 radical (unpaired) electrons. The fourth-order valence-corrected chi connectivity index (χ4v) is 5.48. The molecule has 0 rings (SSSR count). The minimum Gasteiger partial charge on any atom is -0.523 e. The Labute approximate surface area is 129 Å². The summed E-state index contributed by atoms with van der Waals surface area (Å²) in [5, 5.41) is 0. The van der Waals surface area contributed by atoms with Crippen LogP contribution in [0.3, 0.4) is 0 Å². The molecule has 0 amide bonds. The second-order valence-corrected chi connectivity index (χ2v) is 14.7. The van der Waals surface area contributed by atoms with Crippen molar-refractivity contribution in [1.29, 1.82) is 0 Å². The third-order valence-corrected chi connectivity index (χ3v) is 6.64. The second kappa shape index (κ2) is 7.69. The zero-order valence-electron chi connectivity index (χ0n) is 15.3. The molecule has 0 unspecified atom stereocenters. The molecule has 0 aliphatic heterocycles. The number of allylic oxidation sites excluding steroid dienone is 1. The van der Waals surface area contributed by atoms with Gasteiger partial charge in [0.2, 0.25) is 23.3 Å². The molecule has 0 saturated carbocycles. The standard InChI is InChI=1S/C16H36O2Si2/c1-13(2)12-20(9,10)18-15(17-19(7)8)11-14(3)16(4,5)6/h11,13-14,19H,12H2,1-10H3/b15-11+/t14-/m1/s1. The largest absolute Gasteiger partial charge is 0.523 e. The highest BCUT2D eigenvalue weighted by molar-refractivity contribution is 6.71. The van der Waals surface area contributed by atoms with Gasteiger partial charge in [-0.15, -0.1) is 0 Å². The van der Waals surface area contributed by atoms with E-state index in [0.29, 0.717) is 11.8 Å². The van der Waals surface area contributed by atoms with Gasteiger partial charge in [-0.05, 0) is 55.6 Å². The zero-order chi connectivity index (χ0) is 16.1. The lowest BCUT2D eigenvalue weighted by Crippen LogP contribution is -2.33. The third-order valence-electron chi connectivity index (χ3n) is 3.38. The van der Waals surface area contributed by atoms with Crippen molar-refractivity contribution in [2.75, 3.05) is 0 Å². The second-order valence-electron chi connectivity index (χ2n) is 8.27. The first-order chi connectivity index (χ1) is 8.83. The third kappa shape index (κ3) is 8.85. The molecule has 0 fully saturated rings. The Morgan fingerprint density at radius 3 is 2.00 bits per heavy atom. The number of hydrogen-bond acceptors (Lipinski definition) is 2. The van der Waals surface area contributed by atoms with Crippen molar-refractivity contribution in [3.8, 4) is 0 Å². The normalized spacial score (nSPS) is 15.7. The molecule has 0 aromatic heterocycles. The molecule has 0 aromatic rings. The van der Waals surface area contributed by atoms with E-state index in [-0.39, 0.29) is 5.41 Å². The maximum Gasteiger partial charge on any atom is 0.249 e. The zero-order valence-corrected chi connectivity index (χ0v) is 17.5. The molecule has 0 aliphatic carbocycles. The van der Waals surface area contributed by atoms with Crippen LogP contribution in [0, 0.1) is 17.3 Å². The van der Waals surface area contributed by atoms with Crippen molar-refractivity contribution in [3.63, 3.8) is 0 Å². The minimum atomic E-state index is -1.69. The van der Waals surface area contributed by atoms with E-state index in [1.807, 2.05) is 0 Å². The van der Waals surface area contributed by atoms with E-state index in [1.165, 1.54) is 0 Å². The predicted octanol–water partition coefficient (Wildman–Crippen LogP) is 5.39. The van der Waals surface area contributed by atoms with E-state index in [0.717, 1.165) is 12.0 Å². The van der Waals surface area contributed by atoms with E-state index in [2.05, 4.69) is 73.8 Å². The summed E-state index contributed by atoms with van der Waals surface area (Å²) in [6.45, 7) is 22.5. The fourth-order valence-electron chi connectivity index (χ4n) is 2.08. The first kappa shape index (κ1) is 19.8. The van der Waals surface area contributed by atoms with E-state index < -0.39 is 17.4 Å². The van der Waals surface area contributed by atoms with Gasteiger partial charge >= 0.3 is 0 Å². The lowest BCUT2D eigenvalue weighted by molar-refractivity contribution is 0.205. The summed E-state index contributed by atoms with van der Waals surface area (Å²) in [4.78, 5) is 0. The van der Waals surface area contributed by atoms with Crippen LogP contribution in [0.2, 0.25) is 32.2 Å². The molecule has 0 spiro atoms. The molecule has 20 heavy (non-hydrogen) atoms. The Kier molecular flexibility index (Phi) is 7.60. The summed E-state index contributed by atoms with van der Waals surface area (Å²) in [5.74, 6) is 1.91. The number of hydrogen-bond donors (Lipinski definition) is 0. The molecule has 0 saturated heterocycles. The average Bonchev–Trinajstić information content (AvgIpc) is 2.10. The molecule has 2 nitrogen and oxygen atoms in total. The van der Waals surface area contributed by atoms with E-state index >= 15 is 0 Å². The van der Waals surface area contributed by atoms with Gasteiger partial charge in [0.1, 0.15) is 0 Å². The van der Waals surface area contributed by atoms with Crippen LogP contribution in [0.5, 0.6) is 0 Å². The van der Waals surface area contributed by atoms with E-state index in [1.54, 1.807) is 0 Å². The van der Waals surface area contributed by atoms with E-state index in [4.69, 9.17) is 8.85 Å². The highest BCUT2D eigenvalue weighted by Crippen LogP contribution is 2.29. The molecule has 0 aromatic carbocycles. The van der Waals surface area contributed by atoms with E-state index in [9.17, 15) is 0 Å². The lowest BCUT2D eigenvalue weighted by atomic mass is 9.82. The van der Waals surface area contributed by atoms with Crippen molar-refractivity contribution in [2.24, 2.45) is 17.3 Å². The molecular formula is C16H36O2Si2. The lowest BCUT2D eigenvalue weighted by Gasteiger charge is -2.31. The quantitative estimate of drug-likeness (QED) is 0.463. The molecule has 0 N–H and O–H groups in total. The van der Waals surface area contributed by atoms with Gasteiger partial charge in [-0.2, -0.15) is 0 Å². The van der Waals surface area contributed by atoms with Gasteiger partial charge in [0.15, 0.2) is 0 Å². The summed E-state index contributed by atoms with van der Waals surface area (Å²) in [7, 11) is -2.83. The highest BCUT2D eigenvalue weighted by atomic mass is 28.4. The summed E-state index contributed by atoms with van der Waals surface area (Å²) < 4.78 is 12.4. The highest BCUT2D eigenvalue weighted by Gasteiger charge is 2.28. The Morgan fingerprint density at radius 1 is 1.15 bits per heavy atom. The predicted molar refractivity (Wildman–Crippen MR) is 94.9 cm³/mol. The molecule has 0 heterocycles. The summed E-state index contributed by atoms with van der Waals surface area (Å²) in [6, 6.07) is 1.16. The van der Waals surface area contributed by atoms with Gasteiger partial charge in [-0.25, -0.2) is 0 Å². The topological polar surface area (TPSA) is 18.5 Å². The fraction of sp³-hybridized carbons (Fsp3) is 0.875. The Balaban J connectivity index is 5.03. The van der Waals surface area contributed by atoms with Gasteiger partial charge in [0.25, 0.3) is 0 Å². The van der Waals surface area contributed by atoms with Gasteiger partial charge in [0, 0.05) is 0 Å². The van der Waals surface area contributed by atoms with Crippen molar-refractivity contribution in [1.82, 2.24) is 0 Å². The van der Waals surface area contributed by atoms with Gasteiger partial charge in [-0.1, -0.05) is 41.5 Å².